The molecule has 2 nitrogen and oxygen atoms in total. The van der Waals surface area contributed by atoms with Crippen molar-refractivity contribution in [2.45, 2.75) is 19.3 Å². The molecule has 0 aromatic heterocycles. The molecule has 7 aromatic rings. The van der Waals surface area contributed by atoms with E-state index in [1.165, 1.54) is 49.8 Å². The molecule has 0 bridgehead atoms. The lowest BCUT2D eigenvalue weighted by Gasteiger charge is -2.29. The summed E-state index contributed by atoms with van der Waals surface area (Å²) >= 11 is 0. The Labute approximate surface area is 306 Å². The standard InChI is InChI=1S/C50H40N2/c1-35-14-5-4-12-33-51(48-21-11-9-17-42(35)48)39-27-23-36(24-28-39)37-25-29-40(30-26-37)52(49-22-13-16-38-15-6-7-18-43(38)49)41-31-32-45-44-19-8-10-20-46(44)50(2,3)47(45)34-41/h4-32,34H,1,33H2,2-3H3/b12-4-,14-5-. The molecule has 0 saturated carbocycles. The fraction of sp³-hybridized carbons (Fsp3) is 0.0800. The molecule has 52 heavy (non-hydrogen) atoms. The average molecular weight is 669 g/mol. The van der Waals surface area contributed by atoms with E-state index >= 15 is 0 Å². The van der Waals surface area contributed by atoms with E-state index in [4.69, 9.17) is 0 Å². The van der Waals surface area contributed by atoms with E-state index in [0.717, 1.165) is 40.4 Å². The molecule has 0 N–H and O–H groups in total. The summed E-state index contributed by atoms with van der Waals surface area (Å²) in [4.78, 5) is 4.78. The summed E-state index contributed by atoms with van der Waals surface area (Å²) in [6.07, 6.45) is 8.45. The lowest BCUT2D eigenvalue weighted by molar-refractivity contribution is 0.660. The predicted octanol–water partition coefficient (Wildman–Crippen LogP) is 13.6. The van der Waals surface area contributed by atoms with Crippen LogP contribution in [0, 0.1) is 0 Å². The smallest absolute Gasteiger partial charge is 0.0540 e. The summed E-state index contributed by atoms with van der Waals surface area (Å²) in [5.74, 6) is 0. The third-order valence-electron chi connectivity index (χ3n) is 10.8. The van der Waals surface area contributed by atoms with Gasteiger partial charge in [0.15, 0.2) is 0 Å². The van der Waals surface area contributed by atoms with Crippen LogP contribution in [-0.2, 0) is 5.41 Å². The van der Waals surface area contributed by atoms with Crippen LogP contribution in [0.1, 0.15) is 30.5 Å². The Morgan fingerprint density at radius 2 is 1.23 bits per heavy atom. The first-order valence-corrected chi connectivity index (χ1v) is 18.1. The highest BCUT2D eigenvalue weighted by Crippen LogP contribution is 2.51. The first-order valence-electron chi connectivity index (χ1n) is 18.1. The van der Waals surface area contributed by atoms with Crippen molar-refractivity contribution >= 4 is 44.8 Å². The molecule has 2 heteroatoms. The maximum absolute atomic E-state index is 4.33. The van der Waals surface area contributed by atoms with Gasteiger partial charge in [-0.05, 0) is 92.9 Å². The van der Waals surface area contributed by atoms with Gasteiger partial charge in [-0.25, -0.2) is 0 Å². The third kappa shape index (κ3) is 5.36. The maximum atomic E-state index is 4.33. The zero-order valence-electron chi connectivity index (χ0n) is 29.6. The molecular weight excluding hydrogens is 629 g/mol. The van der Waals surface area contributed by atoms with Crippen molar-refractivity contribution in [3.05, 3.63) is 205 Å². The molecule has 250 valence electrons. The summed E-state index contributed by atoms with van der Waals surface area (Å²) < 4.78 is 0. The highest BCUT2D eigenvalue weighted by Gasteiger charge is 2.35. The van der Waals surface area contributed by atoms with Gasteiger partial charge < -0.3 is 9.80 Å². The van der Waals surface area contributed by atoms with Crippen LogP contribution in [0.5, 0.6) is 0 Å². The molecule has 0 unspecified atom stereocenters. The second kappa shape index (κ2) is 12.7. The molecule has 1 heterocycles. The van der Waals surface area contributed by atoms with E-state index in [0.29, 0.717) is 0 Å². The molecule has 9 rings (SSSR count). The average Bonchev–Trinajstić information content (AvgIpc) is 3.46. The zero-order valence-corrected chi connectivity index (χ0v) is 29.6. The third-order valence-corrected chi connectivity index (χ3v) is 10.8. The fourth-order valence-corrected chi connectivity index (χ4v) is 8.13. The minimum atomic E-state index is -0.0859. The Bertz CT molecular complexity index is 2530. The lowest BCUT2D eigenvalue weighted by Crippen LogP contribution is -2.18. The highest BCUT2D eigenvalue weighted by atomic mass is 15.1. The minimum absolute atomic E-state index is 0.0859. The van der Waals surface area contributed by atoms with Crippen molar-refractivity contribution in [3.63, 3.8) is 0 Å². The van der Waals surface area contributed by atoms with Crippen LogP contribution in [0.3, 0.4) is 0 Å². The first-order chi connectivity index (χ1) is 25.5. The van der Waals surface area contributed by atoms with Crippen molar-refractivity contribution in [1.29, 1.82) is 0 Å². The Balaban J connectivity index is 1.09. The van der Waals surface area contributed by atoms with E-state index in [2.05, 4.69) is 212 Å². The van der Waals surface area contributed by atoms with Crippen LogP contribution < -0.4 is 9.80 Å². The Morgan fingerprint density at radius 3 is 2.06 bits per heavy atom. The van der Waals surface area contributed by atoms with Gasteiger partial charge in [-0.1, -0.05) is 154 Å². The topological polar surface area (TPSA) is 6.48 Å². The molecule has 1 aliphatic carbocycles. The highest BCUT2D eigenvalue weighted by molar-refractivity contribution is 5.99. The monoisotopic (exact) mass is 668 g/mol. The van der Waals surface area contributed by atoms with Gasteiger partial charge in [-0.3, -0.25) is 0 Å². The van der Waals surface area contributed by atoms with Gasteiger partial charge in [0, 0.05) is 45.7 Å². The van der Waals surface area contributed by atoms with Gasteiger partial charge in [0.05, 0.1) is 5.69 Å². The Kier molecular flexibility index (Phi) is 7.74. The SMILES string of the molecule is C=C1/C=C\C=C/CN(c2ccc(-c3ccc(N(c4ccc5c(c4)C(C)(C)c4ccccc4-5)c4cccc5ccccc45)cc3)cc2)c2ccccc21. The number of rotatable bonds is 5. The van der Waals surface area contributed by atoms with E-state index < -0.39 is 0 Å². The van der Waals surface area contributed by atoms with Crippen molar-refractivity contribution in [2.75, 3.05) is 16.3 Å². The number of nitrogens with zero attached hydrogens (tertiary/aromatic N) is 2. The van der Waals surface area contributed by atoms with Gasteiger partial charge in [0.2, 0.25) is 0 Å². The largest absolute Gasteiger partial charge is 0.337 e. The van der Waals surface area contributed by atoms with Crippen LogP contribution in [0.2, 0.25) is 0 Å². The normalized spacial score (nSPS) is 15.5. The summed E-state index contributed by atoms with van der Waals surface area (Å²) in [5.41, 5.74) is 15.6. The maximum Gasteiger partial charge on any atom is 0.0540 e. The van der Waals surface area contributed by atoms with E-state index in [1.54, 1.807) is 0 Å². The Hall–Kier alpha value is -6.38. The molecule has 0 amide bonds. The summed E-state index contributed by atoms with van der Waals surface area (Å²) in [6, 6.07) is 57.7. The second-order valence-corrected chi connectivity index (χ2v) is 14.3. The molecule has 0 atom stereocenters. The van der Waals surface area contributed by atoms with Crippen LogP contribution in [0.4, 0.5) is 28.4 Å². The number of para-hydroxylation sites is 1. The summed E-state index contributed by atoms with van der Waals surface area (Å²) in [5, 5.41) is 2.45. The summed E-state index contributed by atoms with van der Waals surface area (Å²) in [7, 11) is 0. The van der Waals surface area contributed by atoms with Gasteiger partial charge in [0.1, 0.15) is 0 Å². The molecule has 0 spiro atoms. The molecule has 0 radical (unpaired) electrons. The fourth-order valence-electron chi connectivity index (χ4n) is 8.13. The second-order valence-electron chi connectivity index (χ2n) is 14.3. The molecule has 2 aliphatic rings. The van der Waals surface area contributed by atoms with Gasteiger partial charge in [-0.2, -0.15) is 0 Å². The molecular formula is C50H40N2. The van der Waals surface area contributed by atoms with Crippen LogP contribution in [0.25, 0.3) is 38.6 Å². The van der Waals surface area contributed by atoms with Gasteiger partial charge >= 0.3 is 0 Å². The zero-order chi connectivity index (χ0) is 35.2. The number of anilines is 5. The number of allylic oxidation sites excluding steroid dienone is 4. The van der Waals surface area contributed by atoms with Gasteiger partial charge in [0.25, 0.3) is 0 Å². The predicted molar refractivity (Wildman–Crippen MR) is 222 cm³/mol. The lowest BCUT2D eigenvalue weighted by atomic mass is 9.82. The summed E-state index contributed by atoms with van der Waals surface area (Å²) in [6.45, 7) is 9.81. The van der Waals surface area contributed by atoms with Crippen molar-refractivity contribution < 1.29 is 0 Å². The van der Waals surface area contributed by atoms with Crippen LogP contribution >= 0.6 is 0 Å². The number of hydrogen-bond donors (Lipinski definition) is 0. The minimum Gasteiger partial charge on any atom is -0.337 e. The Morgan fingerprint density at radius 1 is 0.577 bits per heavy atom. The van der Waals surface area contributed by atoms with Crippen molar-refractivity contribution in [1.82, 2.24) is 0 Å². The van der Waals surface area contributed by atoms with Crippen LogP contribution in [0.15, 0.2) is 189 Å². The number of fused-ring (bicyclic) bond motifs is 5. The molecule has 7 aromatic carbocycles. The molecule has 0 saturated heterocycles. The number of benzene rings is 7. The van der Waals surface area contributed by atoms with Crippen molar-refractivity contribution in [3.8, 4) is 22.3 Å². The van der Waals surface area contributed by atoms with Crippen LogP contribution in [-0.4, -0.2) is 6.54 Å². The molecule has 0 fully saturated rings. The van der Waals surface area contributed by atoms with E-state index in [9.17, 15) is 0 Å². The van der Waals surface area contributed by atoms with Crippen molar-refractivity contribution in [2.24, 2.45) is 0 Å². The quantitative estimate of drug-likeness (QED) is 0.180. The van der Waals surface area contributed by atoms with E-state index in [-0.39, 0.29) is 5.41 Å². The molecule has 1 aliphatic heterocycles. The number of hydrogen-bond acceptors (Lipinski definition) is 2. The van der Waals surface area contributed by atoms with Gasteiger partial charge in [-0.15, -0.1) is 0 Å². The van der Waals surface area contributed by atoms with E-state index in [1.807, 2.05) is 0 Å². The first kappa shape index (κ1) is 31.6.